The molecule has 2 aromatic carbocycles. The normalized spacial score (nSPS) is 13.2. The summed E-state index contributed by atoms with van der Waals surface area (Å²) >= 11 is -0.464. The van der Waals surface area contributed by atoms with Gasteiger partial charge in [0.25, 0.3) is 11.1 Å². The fraction of sp³-hybridized carbons (Fsp3) is 0.231. The zero-order valence-electron chi connectivity index (χ0n) is 19.9. The Balaban J connectivity index is 1.29. The van der Waals surface area contributed by atoms with Crippen molar-refractivity contribution in [3.05, 3.63) is 77.6 Å². The Kier molecular flexibility index (Phi) is 6.90. The van der Waals surface area contributed by atoms with Crippen LogP contribution in [0.3, 0.4) is 0 Å². The maximum Gasteiger partial charge on any atom is 0.276 e. The minimum atomic E-state index is -1.86. The molecule has 1 N–H and O–H groups in total. The monoisotopic (exact) mass is 520 g/mol. The van der Waals surface area contributed by atoms with Gasteiger partial charge in [-0.15, -0.1) is 0 Å². The van der Waals surface area contributed by atoms with Crippen LogP contribution >= 0.6 is 11.3 Å². The molecule has 0 aliphatic rings. The molecule has 0 aliphatic carbocycles. The lowest BCUT2D eigenvalue weighted by molar-refractivity contribution is 0.226. The lowest BCUT2D eigenvalue weighted by Gasteiger charge is -2.12. The second-order valence-corrected chi connectivity index (χ2v) is 10.5. The van der Waals surface area contributed by atoms with Crippen LogP contribution in [0.4, 0.5) is 0 Å². The molecule has 3 aromatic heterocycles. The molecule has 0 saturated carbocycles. The highest BCUT2D eigenvalue weighted by Gasteiger charge is 2.15. The minimum absolute atomic E-state index is 0.110. The van der Waals surface area contributed by atoms with Crippen molar-refractivity contribution in [2.45, 2.75) is 38.5 Å². The number of rotatable bonds is 8. The van der Waals surface area contributed by atoms with Gasteiger partial charge in [0, 0.05) is 17.0 Å². The fourth-order valence-electron chi connectivity index (χ4n) is 3.63. The van der Waals surface area contributed by atoms with E-state index in [2.05, 4.69) is 15.1 Å². The van der Waals surface area contributed by atoms with Gasteiger partial charge >= 0.3 is 0 Å². The van der Waals surface area contributed by atoms with E-state index in [9.17, 15) is 4.21 Å². The number of thiazole rings is 1. The number of fused-ring (bicyclic) bond motifs is 1. The first-order valence-electron chi connectivity index (χ1n) is 11.4. The topological polar surface area (TPSA) is 111 Å². The lowest BCUT2D eigenvalue weighted by atomic mass is 10.1. The summed E-state index contributed by atoms with van der Waals surface area (Å²) in [7, 11) is 0. The second-order valence-electron chi connectivity index (χ2n) is 8.66. The second kappa shape index (κ2) is 10.3. The molecule has 0 bridgehead atoms. The zero-order chi connectivity index (χ0) is 25.2. The molecule has 184 valence electrons. The highest BCUT2D eigenvalue weighted by atomic mass is 32.2. The summed E-state index contributed by atoms with van der Waals surface area (Å²) in [6.07, 6.45) is -0.211. The SMILES string of the molecule is CC(C)c1noc(-c2ccc(C(C)Oc3nc4ccc(-c5ccc(CS(=O)O)cc5)nc4s3)cc2)n1. The van der Waals surface area contributed by atoms with Gasteiger partial charge in [-0.1, -0.05) is 66.7 Å². The predicted octanol–water partition coefficient (Wildman–Crippen LogP) is 6.39. The molecule has 5 aromatic rings. The smallest absolute Gasteiger partial charge is 0.276 e. The van der Waals surface area contributed by atoms with Crippen LogP contribution in [-0.2, 0) is 16.8 Å². The Bertz CT molecular complexity index is 1510. The van der Waals surface area contributed by atoms with Gasteiger partial charge in [0.1, 0.15) is 16.5 Å². The maximum absolute atomic E-state index is 11.0. The van der Waals surface area contributed by atoms with E-state index < -0.39 is 11.1 Å². The molecular formula is C26H24N4O4S2. The van der Waals surface area contributed by atoms with Gasteiger partial charge in [-0.3, -0.25) is 0 Å². The summed E-state index contributed by atoms with van der Waals surface area (Å²) in [5.41, 5.74) is 5.16. The molecular weight excluding hydrogens is 496 g/mol. The van der Waals surface area contributed by atoms with Crippen LogP contribution < -0.4 is 4.74 Å². The summed E-state index contributed by atoms with van der Waals surface area (Å²) in [5.74, 6) is 1.51. The number of aromatic nitrogens is 4. The first-order valence-corrected chi connectivity index (χ1v) is 13.5. The van der Waals surface area contributed by atoms with Gasteiger partial charge < -0.3 is 13.8 Å². The molecule has 0 fully saturated rings. The van der Waals surface area contributed by atoms with E-state index in [0.29, 0.717) is 16.9 Å². The number of hydrogen-bond acceptors (Lipinski definition) is 8. The molecule has 0 aliphatic heterocycles. The summed E-state index contributed by atoms with van der Waals surface area (Å²) in [5, 5.41) is 4.57. The molecule has 0 saturated heterocycles. The van der Waals surface area contributed by atoms with Crippen molar-refractivity contribution in [1.82, 2.24) is 20.1 Å². The molecule has 0 spiro atoms. The average Bonchev–Trinajstić information content (AvgIpc) is 3.51. The van der Waals surface area contributed by atoms with Crippen molar-refractivity contribution >= 4 is 32.8 Å². The largest absolute Gasteiger partial charge is 0.462 e. The van der Waals surface area contributed by atoms with Crippen LogP contribution in [0.15, 0.2) is 65.2 Å². The Morgan fingerprint density at radius 3 is 2.33 bits per heavy atom. The first kappa shape index (κ1) is 24.2. The maximum atomic E-state index is 11.0. The van der Waals surface area contributed by atoms with Crippen LogP contribution in [-0.4, -0.2) is 28.9 Å². The zero-order valence-corrected chi connectivity index (χ0v) is 21.5. The average molecular weight is 521 g/mol. The third-order valence-electron chi connectivity index (χ3n) is 5.64. The Hall–Kier alpha value is -3.47. The highest BCUT2D eigenvalue weighted by molar-refractivity contribution is 7.78. The van der Waals surface area contributed by atoms with E-state index >= 15 is 0 Å². The van der Waals surface area contributed by atoms with E-state index in [4.69, 9.17) is 18.8 Å². The first-order chi connectivity index (χ1) is 17.4. The quantitative estimate of drug-likeness (QED) is 0.234. The van der Waals surface area contributed by atoms with Crippen molar-refractivity contribution in [1.29, 1.82) is 0 Å². The van der Waals surface area contributed by atoms with Gasteiger partial charge in [-0.05, 0) is 42.3 Å². The number of pyridine rings is 1. The summed E-state index contributed by atoms with van der Waals surface area (Å²) in [6.45, 7) is 6.03. The van der Waals surface area contributed by atoms with E-state index in [-0.39, 0.29) is 17.8 Å². The third-order valence-corrected chi connectivity index (χ3v) is 7.07. The molecule has 0 radical (unpaired) electrons. The predicted molar refractivity (Wildman–Crippen MR) is 140 cm³/mol. The van der Waals surface area contributed by atoms with Crippen LogP contribution in [0.2, 0.25) is 0 Å². The molecule has 8 nitrogen and oxygen atoms in total. The Morgan fingerprint density at radius 2 is 1.67 bits per heavy atom. The Morgan fingerprint density at radius 1 is 0.944 bits per heavy atom. The number of ether oxygens (including phenoxy) is 1. The number of benzene rings is 2. The molecule has 36 heavy (non-hydrogen) atoms. The molecule has 2 unspecified atom stereocenters. The van der Waals surface area contributed by atoms with Gasteiger partial charge in [0.05, 0.1) is 11.4 Å². The van der Waals surface area contributed by atoms with E-state index in [1.54, 1.807) is 0 Å². The van der Waals surface area contributed by atoms with Crippen molar-refractivity contribution < 1.29 is 18.0 Å². The van der Waals surface area contributed by atoms with Crippen LogP contribution in [0.5, 0.6) is 5.19 Å². The highest BCUT2D eigenvalue weighted by Crippen LogP contribution is 2.32. The van der Waals surface area contributed by atoms with Crippen molar-refractivity contribution in [3.8, 4) is 27.9 Å². The van der Waals surface area contributed by atoms with Gasteiger partial charge in [-0.25, -0.2) is 14.2 Å². The molecule has 3 heterocycles. The van der Waals surface area contributed by atoms with Crippen molar-refractivity contribution in [3.63, 3.8) is 0 Å². The van der Waals surface area contributed by atoms with Crippen LogP contribution in [0.25, 0.3) is 33.1 Å². The lowest BCUT2D eigenvalue weighted by Crippen LogP contribution is -2.02. The fourth-order valence-corrected chi connectivity index (χ4v) is 4.97. The van der Waals surface area contributed by atoms with E-state index in [0.717, 1.165) is 38.3 Å². The van der Waals surface area contributed by atoms with Gasteiger partial charge in [0.2, 0.25) is 0 Å². The van der Waals surface area contributed by atoms with Gasteiger partial charge in [-0.2, -0.15) is 4.98 Å². The van der Waals surface area contributed by atoms with E-state index in [1.165, 1.54) is 11.3 Å². The minimum Gasteiger partial charge on any atom is -0.462 e. The van der Waals surface area contributed by atoms with E-state index in [1.807, 2.05) is 81.4 Å². The summed E-state index contributed by atoms with van der Waals surface area (Å²) in [4.78, 5) is 14.5. The van der Waals surface area contributed by atoms with Crippen LogP contribution in [0.1, 0.15) is 49.7 Å². The molecule has 0 amide bonds. The standard InChI is InChI=1S/C26H24N4O4S2/c1-15(2)23-29-24(34-30-23)20-10-8-18(9-11-20)16(3)33-26-28-22-13-12-21(27-25(22)35-26)19-6-4-17(5-7-19)14-36(31)32/h4-13,15-16H,14H2,1-3H3,(H,31,32). The molecule has 2 atom stereocenters. The summed E-state index contributed by atoms with van der Waals surface area (Å²) in [6, 6.07) is 19.2. The summed E-state index contributed by atoms with van der Waals surface area (Å²) < 4.78 is 31.6. The van der Waals surface area contributed by atoms with Crippen molar-refractivity contribution in [2.75, 3.05) is 0 Å². The van der Waals surface area contributed by atoms with Gasteiger partial charge in [0.15, 0.2) is 16.9 Å². The Labute approximate surface area is 214 Å². The third kappa shape index (κ3) is 5.35. The molecule has 5 rings (SSSR count). The van der Waals surface area contributed by atoms with Crippen molar-refractivity contribution in [2.24, 2.45) is 0 Å². The number of hydrogen-bond donors (Lipinski definition) is 1. The van der Waals surface area contributed by atoms with Crippen LogP contribution in [0, 0.1) is 0 Å². The molecule has 10 heteroatoms. The number of nitrogens with zero attached hydrogens (tertiary/aromatic N) is 4.